The van der Waals surface area contributed by atoms with Crippen molar-refractivity contribution in [3.8, 4) is 11.5 Å². The second kappa shape index (κ2) is 28.5. The number of rotatable bonds is 24. The van der Waals surface area contributed by atoms with Crippen LogP contribution >= 0.6 is 15.2 Å². The number of carboxylic acid groups (broad SMARTS) is 1. The van der Waals surface area contributed by atoms with Crippen LogP contribution in [0.25, 0.3) is 0 Å². The predicted octanol–water partition coefficient (Wildman–Crippen LogP) is 4.99. The Bertz CT molecular complexity index is 1840. The second-order valence-electron chi connectivity index (χ2n) is 10.8. The van der Waals surface area contributed by atoms with Gasteiger partial charge in [0.05, 0.1) is 26.4 Å². The van der Waals surface area contributed by atoms with Crippen molar-refractivity contribution in [1.82, 2.24) is 0 Å². The van der Waals surface area contributed by atoms with Gasteiger partial charge in [0.15, 0.2) is 6.35 Å². The summed E-state index contributed by atoms with van der Waals surface area (Å²) >= 11 is 0. The minimum absolute atomic E-state index is 0.118. The van der Waals surface area contributed by atoms with Gasteiger partial charge in [0.2, 0.25) is 0 Å². The molecule has 59 heavy (non-hydrogen) atoms. The minimum atomic E-state index is -5.80. The van der Waals surface area contributed by atoms with E-state index in [4.69, 9.17) is 24.0 Å². The SMILES string of the molecule is CCOP(=O)(COS(=O)(=O)C(F)(F)F)OCC.CCOP(=O)(COc1ccc(C[C@H](N=CB=O)C(=O)O)cc1)OCC.COC(=O)[C@H](Cc1ccc(O)cc1)N=CB=O. The van der Waals surface area contributed by atoms with Crippen molar-refractivity contribution in [2.45, 2.75) is 58.1 Å². The van der Waals surface area contributed by atoms with E-state index in [1.165, 1.54) is 33.1 Å². The Hall–Kier alpha value is -3.95. The van der Waals surface area contributed by atoms with E-state index >= 15 is 0 Å². The first-order valence-corrected chi connectivity index (χ1v) is 22.0. The number of aliphatic carboxylic acids is 1. The van der Waals surface area contributed by atoms with Gasteiger partial charge in [0, 0.05) is 0 Å². The Morgan fingerprint density at radius 1 is 0.763 bits per heavy atom. The Kier molecular flexibility index (Phi) is 26.6. The Balaban J connectivity index is 0.000000882. The first kappa shape index (κ1) is 55.0. The van der Waals surface area contributed by atoms with E-state index in [0.29, 0.717) is 32.0 Å². The summed E-state index contributed by atoms with van der Waals surface area (Å²) in [5, 5.41) is 18.2. The van der Waals surface area contributed by atoms with Gasteiger partial charge in [-0.15, -0.1) is 0 Å². The van der Waals surface area contributed by atoms with E-state index in [1.807, 2.05) is 0 Å². The number of carboxylic acids is 1. The second-order valence-corrected chi connectivity index (χ2v) is 16.4. The van der Waals surface area contributed by atoms with Crippen molar-refractivity contribution in [3.63, 3.8) is 0 Å². The normalized spacial score (nSPS) is 12.9. The monoisotopic (exact) mass is 902 g/mol. The van der Waals surface area contributed by atoms with Crippen LogP contribution in [0.1, 0.15) is 38.8 Å². The van der Waals surface area contributed by atoms with Gasteiger partial charge in [0.25, 0.3) is 0 Å². The van der Waals surface area contributed by atoms with E-state index in [0.717, 1.165) is 17.8 Å². The summed E-state index contributed by atoms with van der Waals surface area (Å²) in [7, 11) is -10.9. The van der Waals surface area contributed by atoms with Crippen molar-refractivity contribution < 1.29 is 91.7 Å². The summed E-state index contributed by atoms with van der Waals surface area (Å²) in [6.45, 7) is 6.53. The number of hydrogen-bond acceptors (Lipinski definition) is 18. The molecule has 328 valence electrons. The number of esters is 1. The average Bonchev–Trinajstić information content (AvgIpc) is 3.18. The topological polar surface area (TPSA) is 266 Å². The Morgan fingerprint density at radius 2 is 1.17 bits per heavy atom. The molecule has 0 saturated carbocycles. The number of aromatic hydroxyl groups is 1. The molecular weight excluding hydrogens is 857 g/mol. The van der Waals surface area contributed by atoms with Gasteiger partial charge in [-0.05, 0) is 27.7 Å². The van der Waals surface area contributed by atoms with Crippen molar-refractivity contribution in [2.75, 3.05) is 46.2 Å². The number of hydrogen-bond donors (Lipinski definition) is 2. The molecule has 0 heterocycles. The summed E-state index contributed by atoms with van der Waals surface area (Å²) in [5.74, 6) is -1.02. The summed E-state index contributed by atoms with van der Waals surface area (Å²) < 4.78 is 134. The summed E-state index contributed by atoms with van der Waals surface area (Å²) in [6, 6.07) is 11.2. The number of carbonyl (C=O) groups is 2. The molecule has 0 saturated heterocycles. The molecule has 2 aromatic carbocycles. The van der Waals surface area contributed by atoms with Crippen LogP contribution in [0.15, 0.2) is 58.5 Å². The molecule has 27 heteroatoms. The van der Waals surface area contributed by atoms with Crippen LogP contribution < -0.4 is 4.74 Å². The van der Waals surface area contributed by atoms with Crippen LogP contribution in [0.3, 0.4) is 0 Å². The van der Waals surface area contributed by atoms with Gasteiger partial charge in [-0.2, -0.15) is 21.6 Å². The standard InChI is InChI=1S/C15H21BNO7P.C11H12BNO4.C6H12F3O6PS/c1-3-23-25(21,24-4-2)11-22-13-7-5-12(6-8-13)9-14(15(18)19)17-10-16-20;1-17-11(15)10(13-7-12-16)6-8-2-4-9(14)5-3-8;1-3-13-16(10,14-4-2)5-15-17(11,12)6(7,8)9/h5-8,10,14H,3-4,9,11H2,1-2H3,(H,18,19);2-5,7,10,14H,6H2,1H3;3-5H2,1-2H3/t14-;10-;/m00./s1. The number of carbonyl (C=O) groups excluding carboxylic acids is 1. The molecule has 2 rings (SSSR count). The van der Waals surface area contributed by atoms with Crippen LogP contribution in [0.4, 0.5) is 13.2 Å². The van der Waals surface area contributed by atoms with E-state index in [1.54, 1.807) is 50.2 Å². The van der Waals surface area contributed by atoms with E-state index < -0.39 is 61.2 Å². The molecule has 0 spiro atoms. The van der Waals surface area contributed by atoms with Gasteiger partial charge in [-0.1, -0.05) is 0 Å². The summed E-state index contributed by atoms with van der Waals surface area (Å²) in [6.07, 6.45) is 0.886. The number of benzene rings is 2. The number of ether oxygens (including phenoxy) is 2. The van der Waals surface area contributed by atoms with E-state index in [2.05, 4.69) is 28.0 Å². The first-order valence-electron chi connectivity index (χ1n) is 17.1. The average molecular weight is 902 g/mol. The van der Waals surface area contributed by atoms with Crippen molar-refractivity contribution in [2.24, 2.45) is 9.98 Å². The number of aliphatic imine (C=N–C) groups is 2. The molecule has 2 atom stereocenters. The number of nitrogens with zero attached hydrogens (tertiary/aromatic N) is 2. The van der Waals surface area contributed by atoms with Gasteiger partial charge >= 0.3 is 241 Å². The van der Waals surface area contributed by atoms with E-state index in [9.17, 15) is 49.7 Å². The molecule has 0 aliphatic rings. The number of halogens is 3. The third kappa shape index (κ3) is 22.9. The molecule has 0 bridgehead atoms. The zero-order chi connectivity index (χ0) is 45.1. The number of alkyl halides is 3. The molecule has 19 nitrogen and oxygen atoms in total. The van der Waals surface area contributed by atoms with Crippen LogP contribution in [0.5, 0.6) is 11.5 Å². The summed E-state index contributed by atoms with van der Waals surface area (Å²) in [5.41, 5.74) is -4.04. The molecule has 0 radical (unpaired) electrons. The third-order valence-corrected chi connectivity index (χ3v) is 11.1. The molecule has 0 aliphatic carbocycles. The molecule has 2 N–H and O–H groups in total. The third-order valence-electron chi connectivity index (χ3n) is 6.47. The van der Waals surface area contributed by atoms with Gasteiger partial charge in [-0.3, -0.25) is 8.75 Å². The van der Waals surface area contributed by atoms with Crippen LogP contribution in [-0.4, -0.2) is 121 Å². The number of methoxy groups -OCH3 is 1. The van der Waals surface area contributed by atoms with Crippen LogP contribution in [-0.2, 0) is 78.1 Å². The molecule has 0 unspecified atom stereocenters. The quantitative estimate of drug-likeness (QED) is 0.0351. The maximum atomic E-state index is 12.3. The molecule has 0 fully saturated rings. The molecule has 0 amide bonds. The van der Waals surface area contributed by atoms with Crippen LogP contribution in [0, 0.1) is 0 Å². The first-order chi connectivity index (χ1) is 27.7. The molecule has 2 aromatic rings. The van der Waals surface area contributed by atoms with E-state index in [-0.39, 0.29) is 44.9 Å². The van der Waals surface area contributed by atoms with Crippen molar-refractivity contribution in [1.29, 1.82) is 0 Å². The fourth-order valence-electron chi connectivity index (χ4n) is 3.98. The Labute approximate surface area is 340 Å². The maximum absolute atomic E-state index is 12.3. The van der Waals surface area contributed by atoms with Gasteiger partial charge < -0.3 is 9.05 Å². The number of phenolic OH excluding ortho intramolecular Hbond substituents is 1. The predicted molar refractivity (Wildman–Crippen MR) is 207 cm³/mol. The Morgan fingerprint density at radius 3 is 1.56 bits per heavy atom. The van der Waals surface area contributed by atoms with Gasteiger partial charge in [0.1, 0.15) is 0 Å². The fourth-order valence-corrected chi connectivity index (χ4v) is 7.51. The zero-order valence-corrected chi connectivity index (χ0v) is 35.2. The molecule has 0 aromatic heterocycles. The van der Waals surface area contributed by atoms with Crippen molar-refractivity contribution in [3.05, 3.63) is 59.7 Å². The number of phenols is 1. The fraction of sp³-hybridized carbons (Fsp3) is 0.500. The van der Waals surface area contributed by atoms with Gasteiger partial charge in [-0.25, -0.2) is 0 Å². The van der Waals surface area contributed by atoms with Crippen molar-refractivity contribution >= 4 is 63.8 Å². The summed E-state index contributed by atoms with van der Waals surface area (Å²) in [4.78, 5) is 30.0. The molecular formula is C32H45B2F3N2O17P2S. The zero-order valence-electron chi connectivity index (χ0n) is 32.6. The van der Waals surface area contributed by atoms with Crippen LogP contribution in [0.2, 0.25) is 0 Å². The molecule has 0 aliphatic heterocycles.